The number of nitrogens with two attached hydrogens (primary N) is 1. The average Bonchev–Trinajstić information content (AvgIpc) is 2.57. The maximum atomic E-state index is 12.4. The number of nitrogens with zero attached hydrogens (tertiary/aromatic N) is 2. The highest BCUT2D eigenvalue weighted by Crippen LogP contribution is 2.26. The first-order valence-electron chi connectivity index (χ1n) is 5.84. The van der Waals surface area contributed by atoms with Crippen LogP contribution in [0.2, 0.25) is 0 Å². The van der Waals surface area contributed by atoms with Crippen LogP contribution in [-0.2, 0) is 10.0 Å². The van der Waals surface area contributed by atoms with Crippen molar-refractivity contribution in [2.45, 2.75) is 43.5 Å². The zero-order valence-electron chi connectivity index (χ0n) is 9.89. The number of aromatic amines is 1. The molecule has 17 heavy (non-hydrogen) atoms. The number of anilines is 1. The van der Waals surface area contributed by atoms with Gasteiger partial charge in [0.2, 0.25) is 10.0 Å². The lowest BCUT2D eigenvalue weighted by Crippen LogP contribution is -2.38. The van der Waals surface area contributed by atoms with E-state index in [4.69, 9.17) is 5.73 Å². The average molecular weight is 258 g/mol. The fraction of sp³-hybridized carbons (Fsp3) is 0.700. The van der Waals surface area contributed by atoms with Crippen LogP contribution < -0.4 is 5.73 Å². The summed E-state index contributed by atoms with van der Waals surface area (Å²) in [6.07, 6.45) is 5.24. The van der Waals surface area contributed by atoms with E-state index in [1.165, 1.54) is 6.20 Å². The minimum absolute atomic E-state index is 0.0248. The second-order valence-corrected chi connectivity index (χ2v) is 6.32. The Hall–Kier alpha value is -1.08. The predicted octanol–water partition coefficient (Wildman–Crippen LogP) is 0.945. The van der Waals surface area contributed by atoms with Crippen LogP contribution in [0.1, 0.15) is 32.6 Å². The Bertz CT molecular complexity index is 482. The first kappa shape index (κ1) is 12.4. The van der Waals surface area contributed by atoms with E-state index in [-0.39, 0.29) is 16.8 Å². The maximum absolute atomic E-state index is 12.4. The highest BCUT2D eigenvalue weighted by atomic mass is 32.2. The number of hydrogen-bond donors (Lipinski definition) is 2. The molecule has 0 amide bonds. The number of hydrogen-bond acceptors (Lipinski definition) is 4. The van der Waals surface area contributed by atoms with Crippen molar-refractivity contribution in [1.82, 2.24) is 14.5 Å². The summed E-state index contributed by atoms with van der Waals surface area (Å²) in [4.78, 5) is 0.0891. The first-order chi connectivity index (χ1) is 8.03. The van der Waals surface area contributed by atoms with Gasteiger partial charge in [-0.1, -0.05) is 12.8 Å². The summed E-state index contributed by atoms with van der Waals surface area (Å²) in [6, 6.07) is 0.0248. The molecule has 1 aromatic heterocycles. The molecule has 96 valence electrons. The quantitative estimate of drug-likeness (QED) is 0.826. The van der Waals surface area contributed by atoms with Gasteiger partial charge in [0.15, 0.2) is 0 Å². The van der Waals surface area contributed by atoms with Crippen LogP contribution >= 0.6 is 0 Å². The minimum Gasteiger partial charge on any atom is -0.383 e. The van der Waals surface area contributed by atoms with Gasteiger partial charge in [-0.2, -0.15) is 9.40 Å². The topological polar surface area (TPSA) is 92.1 Å². The van der Waals surface area contributed by atoms with Gasteiger partial charge in [0, 0.05) is 12.6 Å². The lowest BCUT2D eigenvalue weighted by atomic mass is 10.1. The molecular weight excluding hydrogens is 240 g/mol. The number of rotatable bonds is 2. The Kier molecular flexibility index (Phi) is 3.39. The van der Waals surface area contributed by atoms with Gasteiger partial charge >= 0.3 is 0 Å². The zero-order chi connectivity index (χ0) is 12.5. The summed E-state index contributed by atoms with van der Waals surface area (Å²) in [7, 11) is -3.51. The Morgan fingerprint density at radius 2 is 2.24 bits per heavy atom. The molecule has 1 unspecified atom stereocenters. The van der Waals surface area contributed by atoms with Gasteiger partial charge in [0.25, 0.3) is 0 Å². The van der Waals surface area contributed by atoms with Crippen molar-refractivity contribution < 1.29 is 8.42 Å². The zero-order valence-corrected chi connectivity index (χ0v) is 10.7. The van der Waals surface area contributed by atoms with E-state index in [9.17, 15) is 8.42 Å². The summed E-state index contributed by atoms with van der Waals surface area (Å²) in [6.45, 7) is 2.51. The van der Waals surface area contributed by atoms with Crippen LogP contribution in [0.15, 0.2) is 11.1 Å². The van der Waals surface area contributed by atoms with E-state index in [1.54, 1.807) is 4.31 Å². The van der Waals surface area contributed by atoms with Crippen LogP contribution in [-0.4, -0.2) is 35.5 Å². The molecule has 0 spiro atoms. The maximum Gasteiger partial charge on any atom is 0.248 e. The molecule has 1 aliphatic rings. The van der Waals surface area contributed by atoms with Crippen molar-refractivity contribution in [3.05, 3.63) is 6.20 Å². The van der Waals surface area contributed by atoms with E-state index in [1.807, 2.05) is 6.92 Å². The lowest BCUT2D eigenvalue weighted by Gasteiger charge is -2.25. The SMILES string of the molecule is CC1CCCCCN1S(=O)(=O)c1cn[nH]c1N. The molecule has 1 fully saturated rings. The van der Waals surface area contributed by atoms with E-state index < -0.39 is 10.0 Å². The third-order valence-corrected chi connectivity index (χ3v) is 5.25. The van der Waals surface area contributed by atoms with Gasteiger partial charge in [-0.3, -0.25) is 5.10 Å². The van der Waals surface area contributed by atoms with Gasteiger partial charge in [-0.05, 0) is 19.8 Å². The van der Waals surface area contributed by atoms with E-state index in [2.05, 4.69) is 10.2 Å². The molecule has 7 heteroatoms. The Labute approximate surface area is 101 Å². The smallest absolute Gasteiger partial charge is 0.248 e. The Morgan fingerprint density at radius 3 is 2.88 bits per heavy atom. The molecule has 0 radical (unpaired) electrons. The second-order valence-electron chi connectivity index (χ2n) is 4.46. The van der Waals surface area contributed by atoms with E-state index in [0.717, 1.165) is 25.7 Å². The largest absolute Gasteiger partial charge is 0.383 e. The Balaban J connectivity index is 2.34. The summed E-state index contributed by atoms with van der Waals surface area (Å²) in [5.41, 5.74) is 5.59. The highest BCUT2D eigenvalue weighted by Gasteiger charge is 2.32. The van der Waals surface area contributed by atoms with E-state index >= 15 is 0 Å². The fourth-order valence-electron chi connectivity index (χ4n) is 2.22. The molecule has 1 saturated heterocycles. The third kappa shape index (κ3) is 2.30. The summed E-state index contributed by atoms with van der Waals surface area (Å²) < 4.78 is 26.4. The van der Waals surface area contributed by atoms with Crippen molar-refractivity contribution in [3.63, 3.8) is 0 Å². The normalized spacial score (nSPS) is 23.5. The first-order valence-corrected chi connectivity index (χ1v) is 7.28. The Morgan fingerprint density at radius 1 is 1.47 bits per heavy atom. The van der Waals surface area contributed by atoms with Crippen molar-refractivity contribution in [2.75, 3.05) is 12.3 Å². The van der Waals surface area contributed by atoms with Crippen LogP contribution in [0.3, 0.4) is 0 Å². The van der Waals surface area contributed by atoms with Gasteiger partial charge < -0.3 is 5.73 Å². The molecule has 0 aromatic carbocycles. The van der Waals surface area contributed by atoms with Gasteiger partial charge in [0.1, 0.15) is 10.7 Å². The molecule has 3 N–H and O–H groups in total. The van der Waals surface area contributed by atoms with Gasteiger partial charge in [-0.15, -0.1) is 0 Å². The molecular formula is C10H18N4O2S. The molecule has 1 atom stereocenters. The molecule has 2 rings (SSSR count). The van der Waals surface area contributed by atoms with Crippen molar-refractivity contribution in [3.8, 4) is 0 Å². The summed E-state index contributed by atoms with van der Waals surface area (Å²) >= 11 is 0. The molecule has 1 aromatic rings. The molecule has 0 aliphatic carbocycles. The minimum atomic E-state index is -3.51. The number of sulfonamides is 1. The monoisotopic (exact) mass is 258 g/mol. The molecule has 2 heterocycles. The van der Waals surface area contributed by atoms with Crippen LogP contribution in [0.4, 0.5) is 5.82 Å². The van der Waals surface area contributed by atoms with Crippen molar-refractivity contribution in [2.24, 2.45) is 0 Å². The van der Waals surface area contributed by atoms with Crippen molar-refractivity contribution >= 4 is 15.8 Å². The number of aromatic nitrogens is 2. The van der Waals surface area contributed by atoms with Crippen LogP contribution in [0, 0.1) is 0 Å². The van der Waals surface area contributed by atoms with Gasteiger partial charge in [-0.25, -0.2) is 8.42 Å². The van der Waals surface area contributed by atoms with Crippen LogP contribution in [0.5, 0.6) is 0 Å². The summed E-state index contributed by atoms with van der Waals surface area (Å²) in [5, 5.41) is 6.14. The third-order valence-electron chi connectivity index (χ3n) is 3.21. The molecule has 1 aliphatic heterocycles. The molecule has 0 bridgehead atoms. The lowest BCUT2D eigenvalue weighted by molar-refractivity contribution is 0.342. The number of nitrogen functional groups attached to an aromatic ring is 1. The van der Waals surface area contributed by atoms with Crippen LogP contribution in [0.25, 0.3) is 0 Å². The van der Waals surface area contributed by atoms with E-state index in [0.29, 0.717) is 6.54 Å². The predicted molar refractivity (Wildman–Crippen MR) is 64.8 cm³/mol. The standard InChI is InChI=1S/C10H18N4O2S/c1-8-5-3-2-4-6-14(8)17(15,16)9-7-12-13-10(9)11/h7-8H,2-6H2,1H3,(H3,11,12,13). The molecule has 0 saturated carbocycles. The fourth-order valence-corrected chi connectivity index (χ4v) is 3.93. The highest BCUT2D eigenvalue weighted by molar-refractivity contribution is 7.89. The second kappa shape index (κ2) is 4.66. The number of nitrogens with one attached hydrogen (secondary N) is 1. The molecule has 6 nitrogen and oxygen atoms in total. The summed E-state index contributed by atoms with van der Waals surface area (Å²) in [5.74, 6) is 0.112. The van der Waals surface area contributed by atoms with Crippen molar-refractivity contribution in [1.29, 1.82) is 0 Å². The van der Waals surface area contributed by atoms with Gasteiger partial charge in [0.05, 0.1) is 6.20 Å². The number of H-pyrrole nitrogens is 1.